The number of hydrogen-bond acceptors (Lipinski definition) is 4. The first-order valence-electron chi connectivity index (χ1n) is 18.9. The minimum atomic E-state index is -1.61. The zero-order chi connectivity index (χ0) is 40.8. The average Bonchev–Trinajstić information content (AvgIpc) is 3.74. The van der Waals surface area contributed by atoms with E-state index in [1.165, 1.54) is 89.5 Å². The molecule has 56 heavy (non-hydrogen) atoms. The van der Waals surface area contributed by atoms with Crippen LogP contribution >= 0.6 is 19.4 Å². The molecule has 0 amide bonds. The second-order valence-corrected chi connectivity index (χ2v) is 20.9. The van der Waals surface area contributed by atoms with Gasteiger partial charge in [0.2, 0.25) is 0 Å². The van der Waals surface area contributed by atoms with E-state index in [0.717, 1.165) is 5.56 Å². The second kappa shape index (κ2) is 18.9. The van der Waals surface area contributed by atoms with E-state index in [0.29, 0.717) is 0 Å². The fraction of sp³-hybridized carbons (Fsp3) is 0.245. The number of anilines is 4. The molecule has 0 spiro atoms. The van der Waals surface area contributed by atoms with Crippen molar-refractivity contribution in [1.29, 1.82) is 0 Å². The van der Waals surface area contributed by atoms with Crippen LogP contribution < -0.4 is 19.6 Å². The van der Waals surface area contributed by atoms with Crippen molar-refractivity contribution in [2.45, 2.75) is 83.1 Å². The Hall–Kier alpha value is -4.15. The van der Waals surface area contributed by atoms with Crippen molar-refractivity contribution in [3.8, 4) is 0 Å². The predicted octanol–water partition coefficient (Wildman–Crippen LogP) is 13.7. The average molecular weight is 873 g/mol. The maximum absolute atomic E-state index is 5.67. The fourth-order valence-corrected chi connectivity index (χ4v) is 9.99. The van der Waals surface area contributed by atoms with E-state index in [4.69, 9.17) is 19.4 Å². The Morgan fingerprint density at radius 2 is 0.625 bits per heavy atom. The van der Waals surface area contributed by atoms with Crippen molar-refractivity contribution in [3.63, 3.8) is 0 Å². The van der Waals surface area contributed by atoms with Gasteiger partial charge in [-0.05, 0) is 152 Å². The topological polar surface area (TPSA) is 13.0 Å². The molecule has 0 aliphatic carbocycles. The molecule has 2 aliphatic heterocycles. The third-order valence-corrected chi connectivity index (χ3v) is 11.7. The Labute approximate surface area is 350 Å². The molecule has 4 nitrogen and oxygen atoms in total. The maximum atomic E-state index is 5.67. The molecule has 0 unspecified atom stereocenters. The van der Waals surface area contributed by atoms with Crippen LogP contribution in [0.25, 0.3) is 0 Å². The van der Waals surface area contributed by atoms with Gasteiger partial charge in [0.25, 0.3) is 0 Å². The van der Waals surface area contributed by atoms with E-state index in [9.17, 15) is 0 Å². The number of aryl methyl sites for hydroxylation is 12. The van der Waals surface area contributed by atoms with Gasteiger partial charge < -0.3 is 19.6 Å². The third-order valence-electron chi connectivity index (χ3n) is 9.84. The molecule has 0 N–H and O–H groups in total. The number of nitrogens with zero attached hydrogens (tertiary/aromatic N) is 4. The van der Waals surface area contributed by atoms with Crippen molar-refractivity contribution < 1.29 is 13.5 Å². The molecule has 0 saturated carbocycles. The second-order valence-electron chi connectivity index (χ2n) is 15.2. The molecular weight excluding hydrogens is 817 g/mol. The van der Waals surface area contributed by atoms with Crippen molar-refractivity contribution in [3.05, 3.63) is 189 Å². The van der Waals surface area contributed by atoms with Gasteiger partial charge in [-0.15, -0.1) is 13.3 Å². The standard InChI is InChI=1S/2C21H25N2.C7H6.2ClH.Ru/c2*1-14-9-16(3)20(17(4)10-14)22-7-8-23(13-22)21-18(5)11-15(2)12-19(21)6;1-7-5-3-2-4-6-7;;;/h2*7-13H,1-6H3;1-6H;2*1H;/q2*-1;;;;+2/p-2. The van der Waals surface area contributed by atoms with Gasteiger partial charge in [0.1, 0.15) is 0 Å². The summed E-state index contributed by atoms with van der Waals surface area (Å²) in [7, 11) is 11.3. The van der Waals surface area contributed by atoms with E-state index in [-0.39, 0.29) is 0 Å². The van der Waals surface area contributed by atoms with Crippen LogP contribution in [0.1, 0.15) is 72.3 Å². The van der Waals surface area contributed by atoms with Crippen molar-refractivity contribution in [2.75, 3.05) is 19.6 Å². The zero-order valence-corrected chi connectivity index (χ0v) is 38.2. The number of benzene rings is 5. The van der Waals surface area contributed by atoms with E-state index >= 15 is 0 Å². The molecule has 0 saturated heterocycles. The third kappa shape index (κ3) is 10.6. The minimum absolute atomic E-state index is 1.12. The van der Waals surface area contributed by atoms with Crippen LogP contribution in [-0.2, 0) is 13.5 Å². The van der Waals surface area contributed by atoms with Gasteiger partial charge in [-0.25, -0.2) is 0 Å². The fourth-order valence-electron chi connectivity index (χ4n) is 8.17. The molecule has 0 fully saturated rings. The molecule has 0 atom stereocenters. The normalized spacial score (nSPS) is 13.4. The van der Waals surface area contributed by atoms with Crippen molar-refractivity contribution in [1.82, 2.24) is 0 Å². The van der Waals surface area contributed by atoms with E-state index in [1.54, 1.807) is 0 Å². The number of rotatable bonds is 5. The summed E-state index contributed by atoms with van der Waals surface area (Å²) >= 11 is -1.61. The van der Waals surface area contributed by atoms with Crippen LogP contribution in [-0.4, -0.2) is 4.61 Å². The Morgan fingerprint density at radius 3 is 0.839 bits per heavy atom. The first-order valence-corrected chi connectivity index (χ1v) is 24.4. The van der Waals surface area contributed by atoms with Gasteiger partial charge in [-0.1, -0.05) is 70.8 Å². The number of hydrogen-bond donors (Lipinski definition) is 0. The van der Waals surface area contributed by atoms with Crippen molar-refractivity contribution in [2.24, 2.45) is 0 Å². The zero-order valence-electron chi connectivity index (χ0n) is 34.9. The van der Waals surface area contributed by atoms with Gasteiger partial charge in [-0.3, -0.25) is 0 Å². The quantitative estimate of drug-likeness (QED) is 0.129. The monoisotopic (exact) mass is 872 g/mol. The van der Waals surface area contributed by atoms with E-state index in [1.807, 2.05) is 34.9 Å². The summed E-state index contributed by atoms with van der Waals surface area (Å²) in [5.41, 5.74) is 21.9. The summed E-state index contributed by atoms with van der Waals surface area (Å²) in [5, 5.41) is 0. The molecule has 5 aromatic carbocycles. The molecule has 0 radical (unpaired) electrons. The van der Waals surface area contributed by atoms with Crippen LogP contribution in [0.3, 0.4) is 0 Å². The van der Waals surface area contributed by atoms with E-state index in [2.05, 4.69) is 189 Å². The summed E-state index contributed by atoms with van der Waals surface area (Å²) in [4.78, 5) is 8.90. The van der Waals surface area contributed by atoms with Crippen LogP contribution in [0.5, 0.6) is 0 Å². The predicted molar refractivity (Wildman–Crippen MR) is 243 cm³/mol. The van der Waals surface area contributed by atoms with Gasteiger partial charge >= 0.3 is 73.4 Å². The summed E-state index contributed by atoms with van der Waals surface area (Å²) in [6.07, 6.45) is 8.57. The Bertz CT molecular complexity index is 1930. The van der Waals surface area contributed by atoms with Crippen molar-refractivity contribution >= 4 is 46.7 Å². The molecule has 0 aromatic heterocycles. The molecule has 7 rings (SSSR count). The van der Waals surface area contributed by atoms with Crippen LogP contribution in [0.15, 0.2) is 104 Å². The Kier molecular flexibility index (Phi) is 14.5. The number of halogens is 2. The summed E-state index contributed by atoms with van der Waals surface area (Å²) in [5.74, 6) is 0. The SMILES string of the molecule is Cc1cc(C)c(N2C=CN(c3c(C)cc(C)cc3C)[CH-]2)c(C)c1.Cc1cc(C)c(N2C=CN(c3c(C)cc(C)cc3C)[CH-]2)c(C)c1.[Cl][Ru]([Cl])=[CH]c1ccccc1. The Morgan fingerprint density at radius 1 is 0.393 bits per heavy atom. The van der Waals surface area contributed by atoms with Gasteiger partial charge in [0.05, 0.1) is 0 Å². The van der Waals surface area contributed by atoms with Gasteiger partial charge in [0, 0.05) is 22.7 Å². The molecule has 7 heteroatoms. The first kappa shape index (κ1) is 43.0. The summed E-state index contributed by atoms with van der Waals surface area (Å²) in [6.45, 7) is 30.4. The molecule has 5 aromatic rings. The van der Waals surface area contributed by atoms with Gasteiger partial charge in [-0.2, -0.15) is 0 Å². The molecular formula is C49H56Cl2N4Ru-2. The molecule has 296 valence electrons. The van der Waals surface area contributed by atoms with Crippen LogP contribution in [0, 0.1) is 96.4 Å². The molecule has 2 aliphatic rings. The van der Waals surface area contributed by atoms with E-state index < -0.39 is 13.5 Å². The van der Waals surface area contributed by atoms with Gasteiger partial charge in [0.15, 0.2) is 0 Å². The van der Waals surface area contributed by atoms with Crippen LogP contribution in [0.2, 0.25) is 0 Å². The van der Waals surface area contributed by atoms with Crippen LogP contribution in [0.4, 0.5) is 22.7 Å². The molecule has 0 bridgehead atoms. The Balaban J connectivity index is 0.000000173. The summed E-state index contributed by atoms with van der Waals surface area (Å²) in [6, 6.07) is 27.9. The molecule has 2 heterocycles. The summed E-state index contributed by atoms with van der Waals surface area (Å²) < 4.78 is 1.92. The first-order chi connectivity index (χ1) is 26.5.